The van der Waals surface area contributed by atoms with E-state index in [2.05, 4.69) is 31.9 Å². The van der Waals surface area contributed by atoms with Crippen molar-refractivity contribution in [3.05, 3.63) is 29.8 Å². The van der Waals surface area contributed by atoms with Gasteiger partial charge in [-0.2, -0.15) is 0 Å². The molecule has 6 atom stereocenters. The number of nitrogens with zero attached hydrogens (tertiary/aromatic N) is 1. The molecule has 154 valence electrons. The second-order valence-electron chi connectivity index (χ2n) is 8.73. The normalized spacial score (nSPS) is 36.6. The molecular formula is C22H23Br2NO4. The van der Waals surface area contributed by atoms with Crippen LogP contribution in [0.4, 0.5) is 5.69 Å². The van der Waals surface area contributed by atoms with Gasteiger partial charge in [-0.25, -0.2) is 4.79 Å². The van der Waals surface area contributed by atoms with E-state index >= 15 is 0 Å². The van der Waals surface area contributed by atoms with E-state index in [0.717, 1.165) is 32.1 Å². The van der Waals surface area contributed by atoms with Crippen LogP contribution in [0.5, 0.6) is 0 Å². The Hall–Kier alpha value is -1.21. The number of carbonyl (C=O) groups excluding carboxylic acids is 3. The minimum Gasteiger partial charge on any atom is -0.459 e. The summed E-state index contributed by atoms with van der Waals surface area (Å²) in [5, 5.41) is 0. The summed E-state index contributed by atoms with van der Waals surface area (Å²) in [6.45, 7) is 0. The molecule has 2 bridgehead atoms. The first-order chi connectivity index (χ1) is 14.0. The van der Waals surface area contributed by atoms with E-state index in [1.165, 1.54) is 11.3 Å². The van der Waals surface area contributed by atoms with E-state index in [-0.39, 0.29) is 57.2 Å². The van der Waals surface area contributed by atoms with Gasteiger partial charge < -0.3 is 4.74 Å². The molecule has 4 aliphatic rings. The number of benzene rings is 1. The molecule has 0 spiro atoms. The fourth-order valence-corrected chi connectivity index (χ4v) is 7.63. The molecule has 4 fully saturated rings. The van der Waals surface area contributed by atoms with Gasteiger partial charge in [0.25, 0.3) is 0 Å². The quantitative estimate of drug-likeness (QED) is 0.333. The third-order valence-electron chi connectivity index (χ3n) is 7.17. The van der Waals surface area contributed by atoms with Gasteiger partial charge in [-0.15, -0.1) is 0 Å². The van der Waals surface area contributed by atoms with Crippen LogP contribution in [0.25, 0.3) is 0 Å². The van der Waals surface area contributed by atoms with Crippen LogP contribution in [0.2, 0.25) is 0 Å². The van der Waals surface area contributed by atoms with Gasteiger partial charge in [0.1, 0.15) is 6.10 Å². The SMILES string of the molecule is O=C(OC1CCCCC1)c1ccc(N2C(=O)[C@H]3[C@@H]4C[C@@H]([C@H](Br)[C@@H]4Br)[C@@H]3C2=O)cc1. The summed E-state index contributed by atoms with van der Waals surface area (Å²) in [6, 6.07) is 6.69. The van der Waals surface area contributed by atoms with Crippen LogP contribution in [0, 0.1) is 23.7 Å². The Balaban J connectivity index is 1.32. The third kappa shape index (κ3) is 3.11. The van der Waals surface area contributed by atoms with Gasteiger partial charge in [-0.1, -0.05) is 38.3 Å². The highest BCUT2D eigenvalue weighted by atomic mass is 79.9. The van der Waals surface area contributed by atoms with Crippen molar-refractivity contribution < 1.29 is 19.1 Å². The first kappa shape index (κ1) is 19.7. The van der Waals surface area contributed by atoms with Crippen LogP contribution in [-0.4, -0.2) is 33.5 Å². The highest BCUT2D eigenvalue weighted by Gasteiger charge is 2.66. The molecule has 5 rings (SSSR count). The number of amides is 2. The summed E-state index contributed by atoms with van der Waals surface area (Å²) >= 11 is 7.41. The number of fused-ring (bicyclic) bond motifs is 5. The molecular weight excluding hydrogens is 502 g/mol. The zero-order valence-electron chi connectivity index (χ0n) is 15.9. The standard InChI is InChI=1S/C22H23Br2NO4/c23-18-14-10-15(19(18)24)17-16(14)20(26)25(21(17)27)12-8-6-11(7-9-12)22(28)29-13-4-2-1-3-5-13/h6-9,13-19H,1-5,10H2/t14-,15+,16-,17-,18+,19-/m0/s1. The maximum atomic E-state index is 13.1. The van der Waals surface area contributed by atoms with Crippen LogP contribution in [0.1, 0.15) is 48.9 Å². The predicted molar refractivity (Wildman–Crippen MR) is 115 cm³/mol. The molecule has 0 aromatic heterocycles. The van der Waals surface area contributed by atoms with Crippen LogP contribution in [-0.2, 0) is 14.3 Å². The number of imide groups is 1. The molecule has 1 saturated heterocycles. The van der Waals surface area contributed by atoms with Crippen molar-refractivity contribution in [3.63, 3.8) is 0 Å². The summed E-state index contributed by atoms with van der Waals surface area (Å²) in [5.74, 6) is -0.617. The molecule has 7 heteroatoms. The maximum Gasteiger partial charge on any atom is 0.338 e. The van der Waals surface area contributed by atoms with Gasteiger partial charge in [0.2, 0.25) is 11.8 Å². The van der Waals surface area contributed by atoms with Gasteiger partial charge in [0.15, 0.2) is 0 Å². The monoisotopic (exact) mass is 523 g/mol. The van der Waals surface area contributed by atoms with Crippen molar-refractivity contribution in [1.82, 2.24) is 0 Å². The summed E-state index contributed by atoms with van der Waals surface area (Å²) in [7, 11) is 0. The number of esters is 1. The lowest BCUT2D eigenvalue weighted by Gasteiger charge is -2.28. The van der Waals surface area contributed by atoms with Crippen molar-refractivity contribution in [2.45, 2.75) is 54.3 Å². The number of carbonyl (C=O) groups is 3. The lowest BCUT2D eigenvalue weighted by molar-refractivity contribution is -0.123. The van der Waals surface area contributed by atoms with Crippen LogP contribution >= 0.6 is 31.9 Å². The number of hydrogen-bond donors (Lipinski definition) is 0. The van der Waals surface area contributed by atoms with Crippen molar-refractivity contribution in [2.75, 3.05) is 4.90 Å². The Labute approximate surface area is 186 Å². The van der Waals surface area contributed by atoms with E-state index in [1.807, 2.05) is 0 Å². The summed E-state index contributed by atoms with van der Waals surface area (Å²) in [4.78, 5) is 40.4. The van der Waals surface area contributed by atoms with Crippen molar-refractivity contribution in [3.8, 4) is 0 Å². The van der Waals surface area contributed by atoms with E-state index in [1.54, 1.807) is 24.3 Å². The Bertz CT molecular complexity index is 819. The number of alkyl halides is 2. The lowest BCUT2D eigenvalue weighted by atomic mass is 9.81. The van der Waals surface area contributed by atoms with Gasteiger partial charge in [0, 0.05) is 9.65 Å². The molecule has 29 heavy (non-hydrogen) atoms. The Kier molecular flexibility index (Phi) is 5.09. The Morgan fingerprint density at radius 3 is 2.00 bits per heavy atom. The van der Waals surface area contributed by atoms with Gasteiger partial charge >= 0.3 is 5.97 Å². The second kappa shape index (κ2) is 7.49. The first-order valence-corrected chi connectivity index (χ1v) is 12.3. The fourth-order valence-electron chi connectivity index (χ4n) is 5.75. The molecule has 1 aromatic rings. The average Bonchev–Trinajstić information content (AvgIpc) is 3.34. The predicted octanol–water partition coefficient (Wildman–Crippen LogP) is 4.46. The molecule has 5 nitrogen and oxygen atoms in total. The Morgan fingerprint density at radius 2 is 1.45 bits per heavy atom. The topological polar surface area (TPSA) is 63.7 Å². The average molecular weight is 525 g/mol. The minimum absolute atomic E-state index is 0.00177. The number of ether oxygens (including phenoxy) is 1. The van der Waals surface area contributed by atoms with Gasteiger partial charge in [-0.3, -0.25) is 14.5 Å². The first-order valence-electron chi connectivity index (χ1n) is 10.4. The highest BCUT2D eigenvalue weighted by molar-refractivity contribution is 9.12. The number of anilines is 1. The second-order valence-corrected chi connectivity index (χ2v) is 10.8. The highest BCUT2D eigenvalue weighted by Crippen LogP contribution is 2.60. The van der Waals surface area contributed by atoms with Crippen LogP contribution in [0.15, 0.2) is 24.3 Å². The van der Waals surface area contributed by atoms with Crippen LogP contribution in [0.3, 0.4) is 0 Å². The van der Waals surface area contributed by atoms with Gasteiger partial charge in [0.05, 0.1) is 23.1 Å². The molecule has 1 aliphatic heterocycles. The third-order valence-corrected chi connectivity index (χ3v) is 10.4. The van der Waals surface area contributed by atoms with Crippen LogP contribution < -0.4 is 4.90 Å². The van der Waals surface area contributed by atoms with Crippen molar-refractivity contribution >= 4 is 55.3 Å². The smallest absolute Gasteiger partial charge is 0.338 e. The number of hydrogen-bond acceptors (Lipinski definition) is 4. The summed E-state index contributed by atoms with van der Waals surface area (Å²) in [6.07, 6.45) is 6.18. The molecule has 2 amide bonds. The molecule has 1 aromatic carbocycles. The van der Waals surface area contributed by atoms with E-state index in [0.29, 0.717) is 11.3 Å². The Morgan fingerprint density at radius 1 is 0.897 bits per heavy atom. The maximum absolute atomic E-state index is 13.1. The van der Waals surface area contributed by atoms with Crippen molar-refractivity contribution in [2.24, 2.45) is 23.7 Å². The molecule has 1 heterocycles. The molecule has 0 unspecified atom stereocenters. The van der Waals surface area contributed by atoms with E-state index in [4.69, 9.17) is 4.74 Å². The fraction of sp³-hybridized carbons (Fsp3) is 0.591. The minimum atomic E-state index is -0.332. The zero-order valence-corrected chi connectivity index (χ0v) is 19.1. The number of rotatable bonds is 3. The molecule has 0 N–H and O–H groups in total. The molecule has 0 radical (unpaired) electrons. The lowest BCUT2D eigenvalue weighted by Crippen LogP contribution is -2.37. The molecule has 3 saturated carbocycles. The summed E-state index contributed by atoms with van der Waals surface area (Å²) in [5.41, 5.74) is 1.000. The molecule has 3 aliphatic carbocycles. The van der Waals surface area contributed by atoms with E-state index in [9.17, 15) is 14.4 Å². The largest absolute Gasteiger partial charge is 0.459 e. The number of halogens is 2. The zero-order chi connectivity index (χ0) is 20.3. The van der Waals surface area contributed by atoms with E-state index < -0.39 is 0 Å². The summed E-state index contributed by atoms with van der Waals surface area (Å²) < 4.78 is 5.61. The van der Waals surface area contributed by atoms with Gasteiger partial charge in [-0.05, 0) is 68.2 Å². The van der Waals surface area contributed by atoms with Crippen molar-refractivity contribution in [1.29, 1.82) is 0 Å².